The molecule has 0 amide bonds. The second-order valence-electron chi connectivity index (χ2n) is 10.2. The van der Waals surface area contributed by atoms with Crippen molar-refractivity contribution in [2.24, 2.45) is 40.9 Å². The Hall–Kier alpha value is -0.410. The zero-order chi connectivity index (χ0) is 18.0. The molecule has 0 unspecified atom stereocenters. The van der Waals surface area contributed by atoms with E-state index in [0.717, 1.165) is 37.0 Å². The Labute approximate surface area is 152 Å². The van der Waals surface area contributed by atoms with E-state index in [9.17, 15) is 9.90 Å². The highest BCUT2D eigenvalue weighted by Crippen LogP contribution is 2.64. The van der Waals surface area contributed by atoms with Gasteiger partial charge in [-0.2, -0.15) is 0 Å². The third-order valence-corrected chi connectivity index (χ3v) is 9.15. The third kappa shape index (κ3) is 2.64. The molecule has 0 aromatic carbocycles. The molecule has 25 heavy (non-hydrogen) atoms. The minimum atomic E-state index is -0.668. The predicted molar refractivity (Wildman–Crippen MR) is 98.1 cm³/mol. The summed E-state index contributed by atoms with van der Waals surface area (Å²) < 4.78 is 5.70. The highest BCUT2D eigenvalue weighted by molar-refractivity contribution is 5.79. The van der Waals surface area contributed by atoms with Crippen molar-refractivity contribution in [2.45, 2.75) is 83.8 Å². The van der Waals surface area contributed by atoms with Gasteiger partial charge < -0.3 is 9.84 Å². The number of ketones is 1. The van der Waals surface area contributed by atoms with Gasteiger partial charge in [0.15, 0.2) is 0 Å². The number of carbonyl (C=O) groups excluding carboxylic acids is 1. The summed E-state index contributed by atoms with van der Waals surface area (Å²) in [6.07, 6.45) is 9.34. The van der Waals surface area contributed by atoms with Crippen LogP contribution in [0.4, 0.5) is 0 Å². The summed E-state index contributed by atoms with van der Waals surface area (Å²) in [7, 11) is 1.76. The van der Waals surface area contributed by atoms with Crippen molar-refractivity contribution in [3.63, 3.8) is 0 Å². The van der Waals surface area contributed by atoms with E-state index in [1.165, 1.54) is 32.1 Å². The molecule has 0 bridgehead atoms. The van der Waals surface area contributed by atoms with Gasteiger partial charge in [0.1, 0.15) is 5.78 Å². The first-order chi connectivity index (χ1) is 11.8. The Morgan fingerprint density at radius 2 is 1.80 bits per heavy atom. The summed E-state index contributed by atoms with van der Waals surface area (Å²) in [6, 6.07) is 0. The van der Waals surface area contributed by atoms with Crippen molar-refractivity contribution < 1.29 is 14.6 Å². The quantitative estimate of drug-likeness (QED) is 0.813. The standard InChI is InChI=1S/C22H36O3/c1-13(23)18-7-8-19-16-6-5-14-12-22(3,24)20(25-4)11-17(14)15(16)9-10-21(18,19)2/h14-20,24H,5-12H2,1-4H3/t14-,15-,16+,17-,18+,19-,20-,21+,22-/m0/s1. The van der Waals surface area contributed by atoms with Crippen molar-refractivity contribution in [3.05, 3.63) is 0 Å². The van der Waals surface area contributed by atoms with Crippen LogP contribution in [-0.4, -0.2) is 29.7 Å². The summed E-state index contributed by atoms with van der Waals surface area (Å²) >= 11 is 0. The lowest BCUT2D eigenvalue weighted by Crippen LogP contribution is -2.55. The van der Waals surface area contributed by atoms with Gasteiger partial charge in [-0.3, -0.25) is 4.79 Å². The highest BCUT2D eigenvalue weighted by atomic mass is 16.5. The SMILES string of the molecule is CO[C@H]1C[C@H]2[C@@H](CC[C@@H]3[C@@H]2CC[C@]2(C)[C@@H](C(C)=O)CC[C@@H]32)C[C@]1(C)O. The van der Waals surface area contributed by atoms with Gasteiger partial charge in [-0.05, 0) is 100 Å². The van der Waals surface area contributed by atoms with E-state index in [2.05, 4.69) is 6.92 Å². The minimum absolute atomic E-state index is 0.0191. The Bertz CT molecular complexity index is 541. The molecule has 0 aromatic rings. The number of carbonyl (C=O) groups is 1. The van der Waals surface area contributed by atoms with Crippen molar-refractivity contribution in [2.75, 3.05) is 7.11 Å². The van der Waals surface area contributed by atoms with Gasteiger partial charge in [0.05, 0.1) is 11.7 Å². The normalized spacial score (nSPS) is 55.2. The smallest absolute Gasteiger partial charge is 0.133 e. The molecule has 0 aromatic heterocycles. The number of hydrogen-bond donors (Lipinski definition) is 1. The Balaban J connectivity index is 1.57. The van der Waals surface area contributed by atoms with Crippen LogP contribution in [0, 0.1) is 40.9 Å². The van der Waals surface area contributed by atoms with Gasteiger partial charge in [0.25, 0.3) is 0 Å². The summed E-state index contributed by atoms with van der Waals surface area (Å²) in [4.78, 5) is 12.2. The molecule has 1 N–H and O–H groups in total. The average Bonchev–Trinajstić information content (AvgIpc) is 2.90. The molecular weight excluding hydrogens is 312 g/mol. The number of ether oxygens (including phenoxy) is 1. The van der Waals surface area contributed by atoms with Crippen molar-refractivity contribution in [3.8, 4) is 0 Å². The van der Waals surface area contributed by atoms with Crippen molar-refractivity contribution in [1.29, 1.82) is 0 Å². The second kappa shape index (κ2) is 6.05. The summed E-state index contributed by atoms with van der Waals surface area (Å²) in [5, 5.41) is 10.8. The van der Waals surface area contributed by atoms with Crippen LogP contribution in [0.25, 0.3) is 0 Å². The van der Waals surface area contributed by atoms with Gasteiger partial charge in [-0.15, -0.1) is 0 Å². The summed E-state index contributed by atoms with van der Waals surface area (Å²) in [5.74, 6) is 4.42. The van der Waals surface area contributed by atoms with Crippen LogP contribution in [0.3, 0.4) is 0 Å². The number of aliphatic hydroxyl groups is 1. The summed E-state index contributed by atoms with van der Waals surface area (Å²) in [5.41, 5.74) is -0.417. The maximum atomic E-state index is 12.2. The lowest BCUT2D eigenvalue weighted by atomic mass is 9.48. The zero-order valence-corrected chi connectivity index (χ0v) is 16.5. The first-order valence-electron chi connectivity index (χ1n) is 10.5. The van der Waals surface area contributed by atoms with Gasteiger partial charge >= 0.3 is 0 Å². The van der Waals surface area contributed by atoms with E-state index in [-0.39, 0.29) is 11.5 Å². The zero-order valence-electron chi connectivity index (χ0n) is 16.5. The fourth-order valence-corrected chi connectivity index (χ4v) is 8.04. The predicted octanol–water partition coefficient (Wildman–Crippen LogP) is 4.22. The molecule has 0 radical (unpaired) electrons. The molecule has 3 nitrogen and oxygen atoms in total. The lowest BCUT2D eigenvalue weighted by Gasteiger charge is -2.57. The first kappa shape index (κ1) is 18.0. The number of rotatable bonds is 2. The van der Waals surface area contributed by atoms with E-state index in [0.29, 0.717) is 23.5 Å². The molecule has 0 spiro atoms. The lowest BCUT2D eigenvalue weighted by molar-refractivity contribution is -0.165. The van der Waals surface area contributed by atoms with Gasteiger partial charge in [0.2, 0.25) is 0 Å². The molecule has 142 valence electrons. The summed E-state index contributed by atoms with van der Waals surface area (Å²) in [6.45, 7) is 6.20. The van der Waals surface area contributed by atoms with Crippen LogP contribution in [-0.2, 0) is 9.53 Å². The average molecular weight is 349 g/mol. The second-order valence-corrected chi connectivity index (χ2v) is 10.2. The maximum absolute atomic E-state index is 12.2. The molecule has 0 aliphatic heterocycles. The van der Waals surface area contributed by atoms with Gasteiger partial charge in [-0.25, -0.2) is 0 Å². The molecule has 0 saturated heterocycles. The van der Waals surface area contributed by atoms with E-state index >= 15 is 0 Å². The Kier molecular flexibility index (Phi) is 4.35. The van der Waals surface area contributed by atoms with Crippen LogP contribution in [0.15, 0.2) is 0 Å². The fourth-order valence-electron chi connectivity index (χ4n) is 8.04. The number of fused-ring (bicyclic) bond motifs is 5. The topological polar surface area (TPSA) is 46.5 Å². The number of hydrogen-bond acceptors (Lipinski definition) is 3. The van der Waals surface area contributed by atoms with Crippen LogP contribution in [0.1, 0.15) is 72.1 Å². The van der Waals surface area contributed by atoms with Crippen molar-refractivity contribution in [1.82, 2.24) is 0 Å². The Morgan fingerprint density at radius 3 is 2.48 bits per heavy atom. The highest BCUT2D eigenvalue weighted by Gasteiger charge is 2.59. The van der Waals surface area contributed by atoms with E-state index in [1.807, 2.05) is 13.8 Å². The van der Waals surface area contributed by atoms with Crippen LogP contribution >= 0.6 is 0 Å². The molecule has 0 heterocycles. The van der Waals surface area contributed by atoms with Crippen molar-refractivity contribution >= 4 is 5.78 Å². The number of methoxy groups -OCH3 is 1. The number of Topliss-reactive ketones (excluding diaryl/α,β-unsaturated/α-hetero) is 1. The molecule has 4 saturated carbocycles. The fraction of sp³-hybridized carbons (Fsp3) is 0.955. The van der Waals surface area contributed by atoms with Gasteiger partial charge in [-0.1, -0.05) is 6.92 Å². The maximum Gasteiger partial charge on any atom is 0.133 e. The molecule has 4 aliphatic carbocycles. The third-order valence-electron chi connectivity index (χ3n) is 9.15. The molecular formula is C22H36O3. The minimum Gasteiger partial charge on any atom is -0.387 e. The Morgan fingerprint density at radius 1 is 1.04 bits per heavy atom. The first-order valence-corrected chi connectivity index (χ1v) is 10.5. The molecule has 3 heteroatoms. The van der Waals surface area contributed by atoms with Crippen LogP contribution in [0.2, 0.25) is 0 Å². The molecule has 4 fully saturated rings. The molecule has 4 aliphatic rings. The van der Waals surface area contributed by atoms with E-state index < -0.39 is 5.60 Å². The van der Waals surface area contributed by atoms with E-state index in [4.69, 9.17) is 4.74 Å². The largest absolute Gasteiger partial charge is 0.387 e. The van der Waals surface area contributed by atoms with Crippen LogP contribution < -0.4 is 0 Å². The van der Waals surface area contributed by atoms with Crippen LogP contribution in [0.5, 0.6) is 0 Å². The monoisotopic (exact) mass is 348 g/mol. The van der Waals surface area contributed by atoms with Gasteiger partial charge in [0, 0.05) is 13.0 Å². The van der Waals surface area contributed by atoms with E-state index in [1.54, 1.807) is 7.11 Å². The molecule has 4 rings (SSSR count). The molecule has 9 atom stereocenters.